The molecule has 4 nitrogen and oxygen atoms in total. The van der Waals surface area contributed by atoms with Crippen molar-refractivity contribution in [2.24, 2.45) is 0 Å². The second-order valence-corrected chi connectivity index (χ2v) is 5.76. The van der Waals surface area contributed by atoms with E-state index >= 15 is 0 Å². The van der Waals surface area contributed by atoms with E-state index in [4.69, 9.17) is 10.1 Å². The molecule has 0 aliphatic heterocycles. The van der Waals surface area contributed by atoms with Gasteiger partial charge < -0.3 is 10.4 Å². The molecule has 2 aromatic carbocycles. The fourth-order valence-electron chi connectivity index (χ4n) is 2.55. The minimum atomic E-state index is -0.933. The van der Waals surface area contributed by atoms with E-state index in [9.17, 15) is 4.79 Å². The molecular weight excluding hydrogens is 288 g/mol. The first kappa shape index (κ1) is 15.0. The van der Waals surface area contributed by atoms with Crippen molar-refractivity contribution >= 4 is 22.6 Å². The largest absolute Gasteiger partial charge is 0.478 e. The van der Waals surface area contributed by atoms with Crippen LogP contribution < -0.4 is 5.32 Å². The van der Waals surface area contributed by atoms with Gasteiger partial charge in [0.2, 0.25) is 0 Å². The Balaban J connectivity index is 2.21. The number of anilines is 1. The van der Waals surface area contributed by atoms with Gasteiger partial charge in [0.25, 0.3) is 0 Å². The van der Waals surface area contributed by atoms with Crippen molar-refractivity contribution in [3.63, 3.8) is 0 Å². The fraction of sp³-hybridized carbons (Fsp3) is 0.158. The van der Waals surface area contributed by atoms with Crippen molar-refractivity contribution < 1.29 is 9.90 Å². The summed E-state index contributed by atoms with van der Waals surface area (Å²) in [6.45, 7) is 4.12. The van der Waals surface area contributed by atoms with E-state index in [0.717, 1.165) is 27.8 Å². The van der Waals surface area contributed by atoms with Gasteiger partial charge in [0.1, 0.15) is 0 Å². The van der Waals surface area contributed by atoms with Gasteiger partial charge in [-0.15, -0.1) is 0 Å². The molecule has 0 spiro atoms. The van der Waals surface area contributed by atoms with E-state index in [2.05, 4.69) is 19.2 Å². The first-order valence-electron chi connectivity index (χ1n) is 7.54. The highest BCUT2D eigenvalue weighted by molar-refractivity contribution is 5.95. The van der Waals surface area contributed by atoms with Crippen molar-refractivity contribution in [1.29, 1.82) is 0 Å². The number of carboxylic acids is 1. The molecule has 0 saturated carbocycles. The van der Waals surface area contributed by atoms with Gasteiger partial charge in [0, 0.05) is 17.0 Å². The van der Waals surface area contributed by atoms with Crippen molar-refractivity contribution in [3.8, 4) is 11.3 Å². The normalized spacial score (nSPS) is 10.9. The molecule has 2 N–H and O–H groups in total. The Hall–Kier alpha value is -2.88. The minimum absolute atomic E-state index is 0.249. The predicted octanol–water partition coefficient (Wildman–Crippen LogP) is 4.42. The van der Waals surface area contributed by atoms with Crippen molar-refractivity contribution in [2.45, 2.75) is 19.9 Å². The average molecular weight is 306 g/mol. The zero-order valence-electron chi connectivity index (χ0n) is 13.1. The third-order valence-corrected chi connectivity index (χ3v) is 3.55. The number of carbonyl (C=O) groups is 1. The zero-order chi connectivity index (χ0) is 16.4. The van der Waals surface area contributed by atoms with Crippen LogP contribution >= 0.6 is 0 Å². The highest BCUT2D eigenvalue weighted by atomic mass is 16.4. The number of pyridine rings is 1. The molecule has 4 heteroatoms. The molecule has 0 radical (unpaired) electrons. The lowest BCUT2D eigenvalue weighted by atomic mass is 10.1. The van der Waals surface area contributed by atoms with E-state index < -0.39 is 5.97 Å². The second-order valence-electron chi connectivity index (χ2n) is 5.76. The van der Waals surface area contributed by atoms with Crippen LogP contribution in [0.3, 0.4) is 0 Å². The number of aromatic nitrogens is 1. The molecule has 0 amide bonds. The standard InChI is InChI=1S/C19H18N2O2/c1-12(2)20-17-11-15-10-14(19(22)23)8-9-16(15)21-18(17)13-6-4-3-5-7-13/h3-12,20H,1-2H3,(H,22,23). The summed E-state index contributed by atoms with van der Waals surface area (Å²) in [5.41, 5.74) is 3.85. The van der Waals surface area contributed by atoms with Crippen molar-refractivity contribution in [1.82, 2.24) is 4.98 Å². The second kappa shape index (κ2) is 6.08. The van der Waals surface area contributed by atoms with Gasteiger partial charge >= 0.3 is 5.97 Å². The quantitative estimate of drug-likeness (QED) is 0.749. The maximum absolute atomic E-state index is 11.2. The summed E-state index contributed by atoms with van der Waals surface area (Å²) < 4.78 is 0. The van der Waals surface area contributed by atoms with Gasteiger partial charge in [0.05, 0.1) is 22.5 Å². The number of nitrogens with zero attached hydrogens (tertiary/aromatic N) is 1. The lowest BCUT2D eigenvalue weighted by molar-refractivity contribution is 0.0697. The Morgan fingerprint density at radius 2 is 1.83 bits per heavy atom. The van der Waals surface area contributed by atoms with Crippen LogP contribution in [0.5, 0.6) is 0 Å². The third kappa shape index (κ3) is 3.16. The summed E-state index contributed by atoms with van der Waals surface area (Å²) in [6, 6.07) is 17.2. The number of nitrogens with one attached hydrogen (secondary N) is 1. The van der Waals surface area contributed by atoms with E-state index in [1.807, 2.05) is 36.4 Å². The molecule has 0 aliphatic carbocycles. The molecule has 23 heavy (non-hydrogen) atoms. The Kier molecular flexibility index (Phi) is 3.98. The molecule has 3 aromatic rings. The number of rotatable bonds is 4. The monoisotopic (exact) mass is 306 g/mol. The number of benzene rings is 2. The molecule has 0 unspecified atom stereocenters. The summed E-state index contributed by atoms with van der Waals surface area (Å²) in [5.74, 6) is -0.933. The maximum atomic E-state index is 11.2. The number of carboxylic acid groups (broad SMARTS) is 1. The van der Waals surface area contributed by atoms with Crippen molar-refractivity contribution in [3.05, 3.63) is 60.2 Å². The molecule has 0 fully saturated rings. The van der Waals surface area contributed by atoms with Gasteiger partial charge in [-0.3, -0.25) is 0 Å². The van der Waals surface area contributed by atoms with Gasteiger partial charge in [0.15, 0.2) is 0 Å². The molecule has 1 aromatic heterocycles. The highest BCUT2D eigenvalue weighted by Gasteiger charge is 2.12. The third-order valence-electron chi connectivity index (χ3n) is 3.55. The molecule has 0 bridgehead atoms. The summed E-state index contributed by atoms with van der Waals surface area (Å²) in [7, 11) is 0. The van der Waals surface area contributed by atoms with Gasteiger partial charge in [-0.1, -0.05) is 30.3 Å². The maximum Gasteiger partial charge on any atom is 0.335 e. The lowest BCUT2D eigenvalue weighted by Gasteiger charge is -2.15. The van der Waals surface area contributed by atoms with E-state index in [0.29, 0.717) is 0 Å². The number of hydrogen-bond donors (Lipinski definition) is 2. The molecule has 0 aliphatic rings. The van der Waals surface area contributed by atoms with Crippen LogP contribution in [0.25, 0.3) is 22.2 Å². The molecule has 0 atom stereocenters. The zero-order valence-corrected chi connectivity index (χ0v) is 13.1. The van der Waals surface area contributed by atoms with Crippen LogP contribution in [-0.4, -0.2) is 22.1 Å². The predicted molar refractivity (Wildman–Crippen MR) is 92.9 cm³/mol. The van der Waals surface area contributed by atoms with Crippen LogP contribution in [0.4, 0.5) is 5.69 Å². The van der Waals surface area contributed by atoms with Crippen LogP contribution in [-0.2, 0) is 0 Å². The first-order valence-corrected chi connectivity index (χ1v) is 7.54. The van der Waals surface area contributed by atoms with Crippen LogP contribution in [0.1, 0.15) is 24.2 Å². The molecular formula is C19H18N2O2. The number of aromatic carboxylic acids is 1. The summed E-state index contributed by atoms with van der Waals surface area (Å²) in [6.07, 6.45) is 0. The Morgan fingerprint density at radius 1 is 1.09 bits per heavy atom. The lowest BCUT2D eigenvalue weighted by Crippen LogP contribution is -2.11. The SMILES string of the molecule is CC(C)Nc1cc2cc(C(=O)O)ccc2nc1-c1ccccc1. The Bertz CT molecular complexity index is 858. The Labute approximate surface area is 134 Å². The smallest absolute Gasteiger partial charge is 0.335 e. The number of hydrogen-bond acceptors (Lipinski definition) is 3. The van der Waals surface area contributed by atoms with Gasteiger partial charge in [-0.05, 0) is 38.1 Å². The molecule has 0 saturated heterocycles. The molecule has 3 rings (SSSR count). The van der Waals surface area contributed by atoms with E-state index in [1.54, 1.807) is 18.2 Å². The van der Waals surface area contributed by atoms with E-state index in [1.165, 1.54) is 0 Å². The van der Waals surface area contributed by atoms with E-state index in [-0.39, 0.29) is 11.6 Å². The minimum Gasteiger partial charge on any atom is -0.478 e. The average Bonchev–Trinajstić information content (AvgIpc) is 2.54. The summed E-state index contributed by atoms with van der Waals surface area (Å²) in [4.78, 5) is 15.9. The number of fused-ring (bicyclic) bond motifs is 1. The fourth-order valence-corrected chi connectivity index (χ4v) is 2.55. The Morgan fingerprint density at radius 3 is 2.48 bits per heavy atom. The first-order chi connectivity index (χ1) is 11.0. The summed E-state index contributed by atoms with van der Waals surface area (Å²) in [5, 5.41) is 13.4. The van der Waals surface area contributed by atoms with Crippen LogP contribution in [0, 0.1) is 0 Å². The molecule has 1 heterocycles. The van der Waals surface area contributed by atoms with Gasteiger partial charge in [-0.25, -0.2) is 9.78 Å². The van der Waals surface area contributed by atoms with Crippen molar-refractivity contribution in [2.75, 3.05) is 5.32 Å². The summed E-state index contributed by atoms with van der Waals surface area (Å²) >= 11 is 0. The topological polar surface area (TPSA) is 62.2 Å². The van der Waals surface area contributed by atoms with Gasteiger partial charge in [-0.2, -0.15) is 0 Å². The van der Waals surface area contributed by atoms with Crippen LogP contribution in [0.15, 0.2) is 54.6 Å². The molecule has 116 valence electrons. The highest BCUT2D eigenvalue weighted by Crippen LogP contribution is 2.30. The van der Waals surface area contributed by atoms with Crippen LogP contribution in [0.2, 0.25) is 0 Å².